The van der Waals surface area contributed by atoms with E-state index in [2.05, 4.69) is 10.0 Å². The van der Waals surface area contributed by atoms with Crippen LogP contribution in [0.1, 0.15) is 18.0 Å². The van der Waals surface area contributed by atoms with Gasteiger partial charge in [0.15, 0.2) is 0 Å². The highest BCUT2D eigenvalue weighted by Crippen LogP contribution is 2.49. The van der Waals surface area contributed by atoms with E-state index in [4.69, 9.17) is 16.3 Å². The van der Waals surface area contributed by atoms with E-state index < -0.39 is 12.0 Å². The van der Waals surface area contributed by atoms with E-state index in [9.17, 15) is 9.59 Å². The van der Waals surface area contributed by atoms with E-state index in [1.165, 1.54) is 4.90 Å². The summed E-state index contributed by atoms with van der Waals surface area (Å²) in [6.45, 7) is 1.64. The molecule has 0 aliphatic carbocycles. The monoisotopic (exact) mass is 397 g/mol. The van der Waals surface area contributed by atoms with E-state index in [1.54, 1.807) is 31.4 Å². The second kappa shape index (κ2) is 6.58. The van der Waals surface area contributed by atoms with Gasteiger partial charge < -0.3 is 4.74 Å². The van der Waals surface area contributed by atoms with Crippen LogP contribution in [0.4, 0.5) is 5.69 Å². The minimum Gasteiger partial charge on any atom is -0.497 e. The molecule has 2 amide bonds. The maximum Gasteiger partial charge on any atom is 0.253 e. The molecule has 3 aliphatic rings. The number of anilines is 1. The molecule has 0 unspecified atom stereocenters. The molecule has 3 saturated heterocycles. The first-order valence-electron chi connectivity index (χ1n) is 9.40. The molecule has 7 heteroatoms. The van der Waals surface area contributed by atoms with Crippen LogP contribution in [0.15, 0.2) is 48.5 Å². The number of rotatable bonds is 3. The quantitative estimate of drug-likeness (QED) is 0.745. The van der Waals surface area contributed by atoms with E-state index in [0.29, 0.717) is 16.5 Å². The molecule has 0 aromatic heterocycles. The molecule has 0 saturated carbocycles. The molecular formula is C21H20ClN3O3. The molecule has 5 rings (SSSR count). The van der Waals surface area contributed by atoms with Gasteiger partial charge in [-0.05, 0) is 48.4 Å². The molecule has 144 valence electrons. The normalized spacial score (nSPS) is 27.4. The maximum absolute atomic E-state index is 13.4. The Labute approximate surface area is 168 Å². The molecule has 3 atom stereocenters. The number of carbonyl (C=O) groups excluding carboxylic acids is 2. The Kier molecular flexibility index (Phi) is 4.16. The molecular weight excluding hydrogens is 378 g/mol. The first-order chi connectivity index (χ1) is 13.6. The molecule has 2 aromatic carbocycles. The van der Waals surface area contributed by atoms with Gasteiger partial charge in [0.25, 0.3) is 5.91 Å². The van der Waals surface area contributed by atoms with Crippen LogP contribution < -0.4 is 9.64 Å². The summed E-state index contributed by atoms with van der Waals surface area (Å²) < 4.78 is 5.19. The van der Waals surface area contributed by atoms with Crippen LogP contribution in [0.25, 0.3) is 0 Å². The van der Waals surface area contributed by atoms with Gasteiger partial charge in [0.1, 0.15) is 11.8 Å². The predicted octanol–water partition coefficient (Wildman–Crippen LogP) is 2.88. The van der Waals surface area contributed by atoms with Gasteiger partial charge in [-0.1, -0.05) is 23.7 Å². The van der Waals surface area contributed by atoms with Crippen molar-refractivity contribution in [3.63, 3.8) is 0 Å². The molecule has 0 bridgehead atoms. The number of amides is 2. The lowest BCUT2D eigenvalue weighted by Gasteiger charge is -2.29. The van der Waals surface area contributed by atoms with Crippen LogP contribution >= 0.6 is 11.6 Å². The van der Waals surface area contributed by atoms with Crippen molar-refractivity contribution in [2.24, 2.45) is 5.92 Å². The van der Waals surface area contributed by atoms with Crippen molar-refractivity contribution in [2.45, 2.75) is 18.5 Å². The number of hydrazine groups is 1. The van der Waals surface area contributed by atoms with Crippen LogP contribution in [0.2, 0.25) is 5.02 Å². The van der Waals surface area contributed by atoms with Crippen molar-refractivity contribution in [1.29, 1.82) is 0 Å². The topological polar surface area (TPSA) is 53.1 Å². The van der Waals surface area contributed by atoms with Gasteiger partial charge in [-0.25, -0.2) is 14.9 Å². The first kappa shape index (κ1) is 17.7. The minimum atomic E-state index is -0.447. The highest BCUT2D eigenvalue weighted by Gasteiger charge is 2.62. The number of fused-ring (bicyclic) bond motifs is 3. The summed E-state index contributed by atoms with van der Waals surface area (Å²) in [5.74, 6) is -0.0260. The number of benzene rings is 2. The van der Waals surface area contributed by atoms with Gasteiger partial charge in [0.05, 0.1) is 24.8 Å². The van der Waals surface area contributed by atoms with E-state index >= 15 is 0 Å². The van der Waals surface area contributed by atoms with E-state index in [-0.39, 0.29) is 17.9 Å². The van der Waals surface area contributed by atoms with Crippen LogP contribution in [0.3, 0.4) is 0 Å². The Balaban J connectivity index is 1.55. The Morgan fingerprint density at radius 1 is 0.893 bits per heavy atom. The number of nitrogens with zero attached hydrogens (tertiary/aromatic N) is 3. The fraction of sp³-hybridized carbons (Fsp3) is 0.333. The molecule has 0 spiro atoms. The zero-order chi connectivity index (χ0) is 19.4. The standard InChI is InChI=1S/C21H20ClN3O3/c1-28-16-9-7-15(8-10-16)25-20(26)17-18(13-3-5-14(22)6-4-13)23-11-2-12-24(23)19(17)21(25)27/h3-10,17-19H,2,11-12H2,1H3/t17-,18+,19+/m1/s1. The lowest BCUT2D eigenvalue weighted by atomic mass is 9.90. The molecule has 2 aromatic rings. The molecule has 28 heavy (non-hydrogen) atoms. The number of carbonyl (C=O) groups is 2. The summed E-state index contributed by atoms with van der Waals surface area (Å²) in [5.41, 5.74) is 1.60. The highest BCUT2D eigenvalue weighted by molar-refractivity contribution is 6.30. The van der Waals surface area contributed by atoms with Gasteiger partial charge in [0, 0.05) is 18.1 Å². The third kappa shape index (κ3) is 2.49. The Morgan fingerprint density at radius 2 is 1.54 bits per heavy atom. The van der Waals surface area contributed by atoms with Crippen LogP contribution in [-0.2, 0) is 9.59 Å². The van der Waals surface area contributed by atoms with Crippen molar-refractivity contribution in [2.75, 3.05) is 25.1 Å². The maximum atomic E-state index is 13.4. The number of hydrogen-bond acceptors (Lipinski definition) is 5. The van der Waals surface area contributed by atoms with Gasteiger partial charge >= 0.3 is 0 Å². The van der Waals surface area contributed by atoms with Crippen LogP contribution in [-0.4, -0.2) is 48.1 Å². The second-order valence-corrected chi connectivity index (χ2v) is 7.79. The Hall–Kier alpha value is -2.41. The summed E-state index contributed by atoms with van der Waals surface area (Å²) in [6.07, 6.45) is 0.983. The number of methoxy groups -OCH3 is 1. The predicted molar refractivity (Wildman–Crippen MR) is 105 cm³/mol. The summed E-state index contributed by atoms with van der Waals surface area (Å²) >= 11 is 6.06. The SMILES string of the molecule is COc1ccc(N2C(=O)[C@H]3[C@@H](C2=O)N2CCCN2[C@H]3c2ccc(Cl)cc2)cc1. The van der Waals surface area contributed by atoms with Crippen molar-refractivity contribution >= 4 is 29.1 Å². The largest absolute Gasteiger partial charge is 0.497 e. The van der Waals surface area contributed by atoms with Gasteiger partial charge in [-0.15, -0.1) is 0 Å². The number of halogens is 1. The zero-order valence-corrected chi connectivity index (χ0v) is 16.2. The lowest BCUT2D eigenvalue weighted by Crippen LogP contribution is -2.44. The third-order valence-corrected chi connectivity index (χ3v) is 6.20. The first-order valence-corrected chi connectivity index (χ1v) is 9.78. The van der Waals surface area contributed by atoms with Crippen molar-refractivity contribution in [1.82, 2.24) is 10.0 Å². The summed E-state index contributed by atoms with van der Waals surface area (Å²) in [4.78, 5) is 28.1. The van der Waals surface area contributed by atoms with Crippen LogP contribution in [0.5, 0.6) is 5.75 Å². The second-order valence-electron chi connectivity index (χ2n) is 7.36. The summed E-state index contributed by atoms with van der Waals surface area (Å²) in [5, 5.41) is 4.94. The number of hydrogen-bond donors (Lipinski definition) is 0. The molecule has 3 aliphatic heterocycles. The minimum absolute atomic E-state index is 0.144. The van der Waals surface area contributed by atoms with Gasteiger partial charge in [-0.2, -0.15) is 0 Å². The van der Waals surface area contributed by atoms with E-state index in [0.717, 1.165) is 25.1 Å². The molecule has 3 heterocycles. The van der Waals surface area contributed by atoms with Crippen molar-refractivity contribution in [3.05, 3.63) is 59.1 Å². The highest BCUT2D eigenvalue weighted by atomic mass is 35.5. The summed E-state index contributed by atoms with van der Waals surface area (Å²) in [7, 11) is 1.59. The van der Waals surface area contributed by atoms with Gasteiger partial charge in [-0.3, -0.25) is 9.59 Å². The fourth-order valence-electron chi connectivity index (χ4n) is 4.76. The van der Waals surface area contributed by atoms with Gasteiger partial charge in [0.2, 0.25) is 5.91 Å². The lowest BCUT2D eigenvalue weighted by molar-refractivity contribution is -0.126. The Morgan fingerprint density at radius 3 is 2.18 bits per heavy atom. The molecule has 0 radical (unpaired) electrons. The number of imide groups is 1. The fourth-order valence-corrected chi connectivity index (χ4v) is 4.89. The van der Waals surface area contributed by atoms with Crippen molar-refractivity contribution in [3.8, 4) is 5.75 Å². The Bertz CT molecular complexity index is 931. The third-order valence-electron chi connectivity index (χ3n) is 5.95. The average molecular weight is 398 g/mol. The zero-order valence-electron chi connectivity index (χ0n) is 15.4. The number of ether oxygens (including phenoxy) is 1. The van der Waals surface area contributed by atoms with Crippen molar-refractivity contribution < 1.29 is 14.3 Å². The molecule has 0 N–H and O–H groups in total. The van der Waals surface area contributed by atoms with E-state index in [1.807, 2.05) is 24.3 Å². The smallest absolute Gasteiger partial charge is 0.253 e. The average Bonchev–Trinajstić information content (AvgIpc) is 3.35. The molecule has 6 nitrogen and oxygen atoms in total. The van der Waals surface area contributed by atoms with Crippen LogP contribution in [0, 0.1) is 5.92 Å². The molecule has 3 fully saturated rings. The summed E-state index contributed by atoms with van der Waals surface area (Å²) in [6, 6.07) is 14.1.